The summed E-state index contributed by atoms with van der Waals surface area (Å²) < 4.78 is 5.92. The van der Waals surface area contributed by atoms with E-state index < -0.39 is 0 Å². The molecule has 0 fully saturated rings. The van der Waals surface area contributed by atoms with Crippen LogP contribution in [0.5, 0.6) is 0 Å². The monoisotopic (exact) mass is 396 g/mol. The summed E-state index contributed by atoms with van der Waals surface area (Å²) in [4.78, 5) is 18.9. The number of nitrogens with zero attached hydrogens (tertiary/aromatic N) is 1. The van der Waals surface area contributed by atoms with Crippen LogP contribution in [0, 0.1) is 32.1 Å². The lowest BCUT2D eigenvalue weighted by atomic mass is 9.73. The van der Waals surface area contributed by atoms with E-state index in [1.165, 1.54) is 4.88 Å². The molecule has 1 aliphatic carbocycles. The molecule has 1 atom stereocenters. The molecule has 5 heteroatoms. The highest BCUT2D eigenvalue weighted by atomic mass is 32.1. The van der Waals surface area contributed by atoms with Gasteiger partial charge >= 0.3 is 0 Å². The highest BCUT2D eigenvalue weighted by Gasteiger charge is 2.31. The number of carbonyl (C=O) groups is 1. The Balaban J connectivity index is 1.59. The van der Waals surface area contributed by atoms with E-state index in [0.29, 0.717) is 22.2 Å². The number of thiazole rings is 1. The molecule has 0 saturated heterocycles. The fourth-order valence-electron chi connectivity index (χ4n) is 4.33. The van der Waals surface area contributed by atoms with E-state index in [1.807, 2.05) is 19.9 Å². The van der Waals surface area contributed by atoms with Crippen LogP contribution in [0.1, 0.15) is 65.0 Å². The molecule has 0 unspecified atom stereocenters. The smallest absolute Gasteiger partial charge is 0.293 e. The lowest BCUT2D eigenvalue weighted by molar-refractivity contribution is 0.0998. The van der Waals surface area contributed by atoms with Gasteiger partial charge in [-0.25, -0.2) is 4.98 Å². The molecule has 0 bridgehead atoms. The zero-order valence-electron chi connectivity index (χ0n) is 17.5. The van der Waals surface area contributed by atoms with Crippen LogP contribution in [0.15, 0.2) is 16.5 Å². The van der Waals surface area contributed by atoms with Gasteiger partial charge in [-0.15, -0.1) is 11.3 Å². The van der Waals surface area contributed by atoms with Crippen molar-refractivity contribution < 1.29 is 9.21 Å². The number of fused-ring (bicyclic) bond motifs is 2. The molecule has 2 heterocycles. The molecule has 0 saturated carbocycles. The van der Waals surface area contributed by atoms with Gasteiger partial charge in [-0.05, 0) is 68.6 Å². The molecule has 4 nitrogen and oxygen atoms in total. The van der Waals surface area contributed by atoms with Crippen LogP contribution in [0.25, 0.3) is 11.0 Å². The summed E-state index contributed by atoms with van der Waals surface area (Å²) in [5.74, 6) is 0.821. The third-order valence-electron chi connectivity index (χ3n) is 5.96. The molecule has 0 spiro atoms. The third kappa shape index (κ3) is 3.37. The summed E-state index contributed by atoms with van der Waals surface area (Å²) in [5.41, 5.74) is 5.37. The fraction of sp³-hybridized carbons (Fsp3) is 0.478. The van der Waals surface area contributed by atoms with Gasteiger partial charge in [0.05, 0.1) is 5.69 Å². The van der Waals surface area contributed by atoms with Gasteiger partial charge in [0.15, 0.2) is 10.9 Å². The topological polar surface area (TPSA) is 55.1 Å². The number of aromatic nitrogens is 1. The zero-order valence-corrected chi connectivity index (χ0v) is 18.3. The van der Waals surface area contributed by atoms with E-state index >= 15 is 0 Å². The summed E-state index contributed by atoms with van der Waals surface area (Å²) >= 11 is 1.61. The lowest BCUT2D eigenvalue weighted by Crippen LogP contribution is -2.26. The first-order valence-corrected chi connectivity index (χ1v) is 10.8. The fourth-order valence-corrected chi connectivity index (χ4v) is 5.41. The van der Waals surface area contributed by atoms with Crippen molar-refractivity contribution in [2.24, 2.45) is 11.3 Å². The molecular formula is C23H28N2O2S. The minimum Gasteiger partial charge on any atom is -0.451 e. The number of hydrogen-bond donors (Lipinski definition) is 1. The minimum atomic E-state index is -0.218. The molecule has 3 aromatic rings. The Labute approximate surface area is 170 Å². The Hall–Kier alpha value is -2.14. The number of anilines is 1. The number of aryl methyl sites for hydroxylation is 4. The van der Waals surface area contributed by atoms with Gasteiger partial charge in [0.1, 0.15) is 5.58 Å². The van der Waals surface area contributed by atoms with Crippen molar-refractivity contribution in [1.29, 1.82) is 0 Å². The maximum absolute atomic E-state index is 12.9. The minimum absolute atomic E-state index is 0.218. The normalized spacial score (nSPS) is 17.0. The zero-order chi connectivity index (χ0) is 20.2. The number of benzene rings is 1. The van der Waals surface area contributed by atoms with Gasteiger partial charge in [0.25, 0.3) is 5.91 Å². The Morgan fingerprint density at radius 1 is 1.25 bits per heavy atom. The number of nitrogens with one attached hydrogen (secondary N) is 1. The standard InChI is InChI=1S/C23H28N2O2S/c1-12-9-13(2)19-14(3)20(27-17(19)10-12)21(26)25-22-24-16-8-7-15(23(4,5)6)11-18(16)28-22/h9-10,15H,7-8,11H2,1-6H3,(H,24,25,26)/t15-/m1/s1. The lowest BCUT2D eigenvalue weighted by Gasteiger charge is -2.33. The molecule has 4 rings (SSSR count). The second kappa shape index (κ2) is 6.73. The highest BCUT2D eigenvalue weighted by molar-refractivity contribution is 7.15. The van der Waals surface area contributed by atoms with Crippen LogP contribution in [0.3, 0.4) is 0 Å². The Kier molecular flexibility index (Phi) is 4.61. The largest absolute Gasteiger partial charge is 0.451 e. The van der Waals surface area contributed by atoms with Crippen LogP contribution in [0.2, 0.25) is 0 Å². The van der Waals surface area contributed by atoms with E-state index in [2.05, 4.69) is 39.1 Å². The second-order valence-corrected chi connectivity index (χ2v) is 10.2. The SMILES string of the molecule is Cc1cc(C)c2c(C)c(C(=O)Nc3nc4c(s3)C[C@H](C(C)(C)C)CC4)oc2c1. The van der Waals surface area contributed by atoms with Crippen LogP contribution in [-0.2, 0) is 12.8 Å². The summed E-state index contributed by atoms with van der Waals surface area (Å²) in [7, 11) is 0. The number of rotatable bonds is 2. The molecule has 1 amide bonds. The molecular weight excluding hydrogens is 368 g/mol. The molecule has 0 radical (unpaired) electrons. The first-order valence-electron chi connectivity index (χ1n) is 9.93. The van der Waals surface area contributed by atoms with Crippen molar-refractivity contribution in [1.82, 2.24) is 4.98 Å². The summed E-state index contributed by atoms with van der Waals surface area (Å²) in [5, 5.41) is 4.69. The number of carbonyl (C=O) groups excluding carboxylic acids is 1. The van der Waals surface area contributed by atoms with Gasteiger partial charge < -0.3 is 4.42 Å². The second-order valence-electron chi connectivity index (χ2n) is 9.16. The van der Waals surface area contributed by atoms with E-state index in [0.717, 1.165) is 52.6 Å². The highest BCUT2D eigenvalue weighted by Crippen LogP contribution is 2.40. The predicted octanol–water partition coefficient (Wildman–Crippen LogP) is 6.22. The van der Waals surface area contributed by atoms with E-state index in [1.54, 1.807) is 11.3 Å². The summed E-state index contributed by atoms with van der Waals surface area (Å²) in [6, 6.07) is 4.11. The van der Waals surface area contributed by atoms with Crippen molar-refractivity contribution in [2.45, 2.75) is 60.8 Å². The van der Waals surface area contributed by atoms with Crippen LogP contribution in [0.4, 0.5) is 5.13 Å². The molecule has 1 aliphatic rings. The van der Waals surface area contributed by atoms with Crippen molar-refractivity contribution in [2.75, 3.05) is 5.32 Å². The Morgan fingerprint density at radius 3 is 2.71 bits per heavy atom. The van der Waals surface area contributed by atoms with Gasteiger partial charge in [0.2, 0.25) is 0 Å². The Morgan fingerprint density at radius 2 is 2.00 bits per heavy atom. The third-order valence-corrected chi connectivity index (χ3v) is 7.00. The first kappa shape index (κ1) is 19.2. The van der Waals surface area contributed by atoms with Gasteiger partial charge in [-0.3, -0.25) is 10.1 Å². The van der Waals surface area contributed by atoms with Gasteiger partial charge in [0, 0.05) is 15.8 Å². The number of amides is 1. The average molecular weight is 397 g/mol. The van der Waals surface area contributed by atoms with Crippen LogP contribution >= 0.6 is 11.3 Å². The predicted molar refractivity (Wildman–Crippen MR) is 115 cm³/mol. The Bertz CT molecular complexity index is 1070. The number of furan rings is 1. The summed E-state index contributed by atoms with van der Waals surface area (Å²) in [6.07, 6.45) is 3.20. The van der Waals surface area contributed by atoms with Crippen molar-refractivity contribution in [3.8, 4) is 0 Å². The molecule has 1 aromatic carbocycles. The maximum Gasteiger partial charge on any atom is 0.293 e. The van der Waals surface area contributed by atoms with Crippen molar-refractivity contribution >= 4 is 33.3 Å². The van der Waals surface area contributed by atoms with E-state index in [-0.39, 0.29) is 5.91 Å². The van der Waals surface area contributed by atoms with Gasteiger partial charge in [-0.1, -0.05) is 26.8 Å². The number of hydrogen-bond acceptors (Lipinski definition) is 4. The van der Waals surface area contributed by atoms with Crippen molar-refractivity contribution in [3.05, 3.63) is 45.2 Å². The molecule has 1 N–H and O–H groups in total. The first-order chi connectivity index (χ1) is 13.1. The maximum atomic E-state index is 12.9. The van der Waals surface area contributed by atoms with Crippen molar-refractivity contribution in [3.63, 3.8) is 0 Å². The van der Waals surface area contributed by atoms with E-state index in [4.69, 9.17) is 9.40 Å². The van der Waals surface area contributed by atoms with E-state index in [9.17, 15) is 4.79 Å². The molecule has 28 heavy (non-hydrogen) atoms. The van der Waals surface area contributed by atoms with Crippen LogP contribution in [-0.4, -0.2) is 10.9 Å². The molecule has 0 aliphatic heterocycles. The quantitative estimate of drug-likeness (QED) is 0.559. The summed E-state index contributed by atoms with van der Waals surface area (Å²) in [6.45, 7) is 13.0. The van der Waals surface area contributed by atoms with Gasteiger partial charge in [-0.2, -0.15) is 0 Å². The molecule has 148 valence electrons. The van der Waals surface area contributed by atoms with Crippen LogP contribution < -0.4 is 5.32 Å². The molecule has 2 aromatic heterocycles. The average Bonchev–Trinajstić information content (AvgIpc) is 3.13.